The summed E-state index contributed by atoms with van der Waals surface area (Å²) in [6, 6.07) is 6.09. The van der Waals surface area contributed by atoms with Crippen LogP contribution in [0.4, 0.5) is 11.6 Å². The van der Waals surface area contributed by atoms with Crippen molar-refractivity contribution in [1.29, 1.82) is 0 Å². The molecular weight excluding hydrogens is 238 g/mol. The number of nitro benzene ring substituents is 1. The van der Waals surface area contributed by atoms with Gasteiger partial charge in [0, 0.05) is 11.6 Å². The van der Waals surface area contributed by atoms with Gasteiger partial charge in [-0.15, -0.1) is 0 Å². The molecule has 1 aromatic heterocycles. The number of amides is 1. The number of carbonyl (C=O) groups excluding carboxylic acids is 1. The molecule has 0 aliphatic rings. The Morgan fingerprint density at radius 2 is 2.22 bits per heavy atom. The lowest BCUT2D eigenvalue weighted by Gasteiger charge is -2.02. The van der Waals surface area contributed by atoms with E-state index in [-0.39, 0.29) is 18.1 Å². The largest absolute Gasteiger partial charge is 0.295 e. The van der Waals surface area contributed by atoms with Crippen LogP contribution in [-0.2, 0) is 11.2 Å². The molecule has 92 valence electrons. The summed E-state index contributed by atoms with van der Waals surface area (Å²) >= 11 is 0. The highest BCUT2D eigenvalue weighted by molar-refractivity contribution is 5.91. The van der Waals surface area contributed by atoms with Crippen LogP contribution in [0.5, 0.6) is 0 Å². The number of benzene rings is 1. The van der Waals surface area contributed by atoms with Crippen LogP contribution in [0.1, 0.15) is 5.56 Å². The number of aromatic nitrogens is 3. The highest BCUT2D eigenvalue weighted by Gasteiger charge is 2.15. The van der Waals surface area contributed by atoms with Crippen molar-refractivity contribution in [2.45, 2.75) is 6.42 Å². The average molecular weight is 247 g/mol. The zero-order valence-corrected chi connectivity index (χ0v) is 9.16. The van der Waals surface area contributed by atoms with Crippen molar-refractivity contribution in [2.24, 2.45) is 0 Å². The first-order valence-corrected chi connectivity index (χ1v) is 5.04. The summed E-state index contributed by atoms with van der Waals surface area (Å²) < 4.78 is 0. The van der Waals surface area contributed by atoms with Crippen molar-refractivity contribution < 1.29 is 9.72 Å². The maximum absolute atomic E-state index is 11.6. The molecule has 0 unspecified atom stereocenters. The van der Waals surface area contributed by atoms with Gasteiger partial charge in [-0.3, -0.25) is 20.2 Å². The lowest BCUT2D eigenvalue weighted by molar-refractivity contribution is -0.385. The molecule has 0 aliphatic carbocycles. The van der Waals surface area contributed by atoms with E-state index < -0.39 is 10.8 Å². The molecule has 8 heteroatoms. The molecule has 18 heavy (non-hydrogen) atoms. The fourth-order valence-electron chi connectivity index (χ4n) is 1.45. The quantitative estimate of drug-likeness (QED) is 0.615. The fraction of sp³-hybridized carbons (Fsp3) is 0.100. The Morgan fingerprint density at radius 1 is 1.44 bits per heavy atom. The second-order valence-corrected chi connectivity index (χ2v) is 3.44. The van der Waals surface area contributed by atoms with Crippen LogP contribution in [0.2, 0.25) is 0 Å². The molecule has 0 atom stereocenters. The van der Waals surface area contributed by atoms with Crippen LogP contribution in [-0.4, -0.2) is 26.0 Å². The summed E-state index contributed by atoms with van der Waals surface area (Å²) in [6.45, 7) is 0. The number of nitrogens with zero attached hydrogens (tertiary/aromatic N) is 3. The summed E-state index contributed by atoms with van der Waals surface area (Å²) in [5.41, 5.74) is 0.268. The number of nitrogens with one attached hydrogen (secondary N) is 2. The maximum atomic E-state index is 11.6. The maximum Gasteiger partial charge on any atom is 0.273 e. The summed E-state index contributed by atoms with van der Waals surface area (Å²) in [5, 5.41) is 19.2. The van der Waals surface area contributed by atoms with E-state index in [1.807, 2.05) is 0 Å². The molecule has 8 nitrogen and oxygen atoms in total. The van der Waals surface area contributed by atoms with Crippen molar-refractivity contribution >= 4 is 17.5 Å². The minimum absolute atomic E-state index is 0.0785. The molecule has 0 radical (unpaired) electrons. The van der Waals surface area contributed by atoms with Crippen LogP contribution in [0.15, 0.2) is 30.6 Å². The molecule has 0 saturated carbocycles. The van der Waals surface area contributed by atoms with E-state index in [0.29, 0.717) is 5.56 Å². The monoisotopic (exact) mass is 247 g/mol. The molecule has 0 saturated heterocycles. The molecule has 0 bridgehead atoms. The molecule has 2 aromatic rings. The van der Waals surface area contributed by atoms with Gasteiger partial charge in [0.05, 0.1) is 11.3 Å². The lowest BCUT2D eigenvalue weighted by atomic mass is 10.1. The number of aromatic amines is 1. The van der Waals surface area contributed by atoms with E-state index in [9.17, 15) is 14.9 Å². The second-order valence-electron chi connectivity index (χ2n) is 3.44. The number of nitro groups is 1. The van der Waals surface area contributed by atoms with Gasteiger partial charge < -0.3 is 0 Å². The molecular formula is C10H9N5O3. The first kappa shape index (κ1) is 11.7. The molecule has 1 heterocycles. The van der Waals surface area contributed by atoms with Gasteiger partial charge in [-0.25, -0.2) is 5.10 Å². The van der Waals surface area contributed by atoms with Crippen molar-refractivity contribution in [2.75, 3.05) is 5.32 Å². The standard InChI is InChI=1S/C10H9N5O3/c16-9(13-10-11-6-12-14-10)5-7-3-1-2-4-8(7)15(17)18/h1-4,6H,5H2,(H2,11,12,13,14,16). The Balaban J connectivity index is 2.09. The summed E-state index contributed by atoms with van der Waals surface area (Å²) in [5.74, 6) is -0.195. The predicted octanol–water partition coefficient (Wildman–Crippen LogP) is 0.894. The zero-order chi connectivity index (χ0) is 13.0. The fourth-order valence-corrected chi connectivity index (χ4v) is 1.45. The minimum Gasteiger partial charge on any atom is -0.295 e. The SMILES string of the molecule is O=C(Cc1ccccc1[N+](=O)[O-])Nc1ncn[nH]1. The van der Waals surface area contributed by atoms with Gasteiger partial charge in [-0.2, -0.15) is 10.1 Å². The number of hydrogen-bond donors (Lipinski definition) is 2. The summed E-state index contributed by atoms with van der Waals surface area (Å²) in [4.78, 5) is 25.6. The molecule has 2 N–H and O–H groups in total. The zero-order valence-electron chi connectivity index (χ0n) is 9.16. The van der Waals surface area contributed by atoms with Gasteiger partial charge in [0.2, 0.25) is 11.9 Å². The van der Waals surface area contributed by atoms with E-state index in [1.165, 1.54) is 18.5 Å². The van der Waals surface area contributed by atoms with Gasteiger partial charge in [0.1, 0.15) is 6.33 Å². The number of H-pyrrole nitrogens is 1. The van der Waals surface area contributed by atoms with Crippen molar-refractivity contribution in [3.05, 3.63) is 46.3 Å². The van der Waals surface area contributed by atoms with Gasteiger partial charge in [-0.05, 0) is 0 Å². The third kappa shape index (κ3) is 2.67. The molecule has 1 aromatic carbocycles. The van der Waals surface area contributed by atoms with Gasteiger partial charge in [-0.1, -0.05) is 18.2 Å². The normalized spacial score (nSPS) is 10.0. The Bertz CT molecular complexity index is 567. The van der Waals surface area contributed by atoms with E-state index in [4.69, 9.17) is 0 Å². The van der Waals surface area contributed by atoms with Crippen molar-refractivity contribution in [3.63, 3.8) is 0 Å². The number of para-hydroxylation sites is 1. The van der Waals surface area contributed by atoms with Gasteiger partial charge in [0.25, 0.3) is 5.69 Å². The molecule has 2 rings (SSSR count). The molecule has 1 amide bonds. The van der Waals surface area contributed by atoms with E-state index in [0.717, 1.165) is 0 Å². The van der Waals surface area contributed by atoms with Crippen LogP contribution in [0, 0.1) is 10.1 Å². The van der Waals surface area contributed by atoms with Crippen LogP contribution in [0.25, 0.3) is 0 Å². The molecule has 0 spiro atoms. The number of hydrogen-bond acceptors (Lipinski definition) is 5. The van der Waals surface area contributed by atoms with Crippen LogP contribution >= 0.6 is 0 Å². The van der Waals surface area contributed by atoms with Crippen molar-refractivity contribution in [1.82, 2.24) is 15.2 Å². The minimum atomic E-state index is -0.517. The predicted molar refractivity (Wildman–Crippen MR) is 61.8 cm³/mol. The Labute approximate surface area is 101 Å². The van der Waals surface area contributed by atoms with Crippen LogP contribution < -0.4 is 5.32 Å². The highest BCUT2D eigenvalue weighted by atomic mass is 16.6. The van der Waals surface area contributed by atoms with Crippen molar-refractivity contribution in [3.8, 4) is 0 Å². The lowest BCUT2D eigenvalue weighted by Crippen LogP contribution is -2.16. The Kier molecular flexibility index (Phi) is 3.28. The van der Waals surface area contributed by atoms with E-state index in [2.05, 4.69) is 20.5 Å². The average Bonchev–Trinajstić information content (AvgIpc) is 2.82. The Hall–Kier alpha value is -2.77. The van der Waals surface area contributed by atoms with Gasteiger partial charge >= 0.3 is 0 Å². The molecule has 0 fully saturated rings. The van der Waals surface area contributed by atoms with Gasteiger partial charge in [0.15, 0.2) is 0 Å². The third-order valence-electron chi connectivity index (χ3n) is 2.21. The second kappa shape index (κ2) is 5.04. The third-order valence-corrected chi connectivity index (χ3v) is 2.21. The number of carbonyl (C=O) groups is 1. The first-order chi connectivity index (χ1) is 8.66. The van der Waals surface area contributed by atoms with E-state index in [1.54, 1.807) is 12.1 Å². The van der Waals surface area contributed by atoms with Crippen LogP contribution in [0.3, 0.4) is 0 Å². The smallest absolute Gasteiger partial charge is 0.273 e. The van der Waals surface area contributed by atoms with E-state index >= 15 is 0 Å². The Morgan fingerprint density at radius 3 is 2.89 bits per heavy atom. The highest BCUT2D eigenvalue weighted by Crippen LogP contribution is 2.18. The topological polar surface area (TPSA) is 114 Å². The summed E-state index contributed by atoms with van der Waals surface area (Å²) in [7, 11) is 0. The first-order valence-electron chi connectivity index (χ1n) is 5.04. The summed E-state index contributed by atoms with van der Waals surface area (Å²) in [6.07, 6.45) is 1.15. The number of rotatable bonds is 4. The molecule has 0 aliphatic heterocycles. The number of anilines is 1.